The summed E-state index contributed by atoms with van der Waals surface area (Å²) in [6, 6.07) is 4.89. The van der Waals surface area contributed by atoms with Crippen LogP contribution < -0.4 is 0 Å². The molecular formula is C22H30FN3O4S. The molecule has 1 aromatic heterocycles. The number of halogens is 1. The van der Waals surface area contributed by atoms with Crippen molar-refractivity contribution < 1.29 is 23.2 Å². The third kappa shape index (κ3) is 6.20. The number of ether oxygens (including phenoxy) is 2. The van der Waals surface area contributed by atoms with Crippen LogP contribution in [0.2, 0.25) is 0 Å². The van der Waals surface area contributed by atoms with Crippen LogP contribution in [0.4, 0.5) is 9.18 Å². The number of thioether (sulfide) groups is 1. The van der Waals surface area contributed by atoms with Crippen LogP contribution in [0.1, 0.15) is 59.0 Å². The number of aromatic nitrogens is 2. The Kier molecular flexibility index (Phi) is 7.59. The summed E-state index contributed by atoms with van der Waals surface area (Å²) in [5, 5.41) is 4.01. The second kappa shape index (κ2) is 9.99. The molecule has 0 spiro atoms. The Balaban J connectivity index is 1.59. The number of benzene rings is 1. The number of likely N-dealkylation sites (tertiary alicyclic amines) is 1. The average Bonchev–Trinajstić information content (AvgIpc) is 3.21. The summed E-state index contributed by atoms with van der Waals surface area (Å²) in [7, 11) is 0. The van der Waals surface area contributed by atoms with Crippen LogP contribution in [-0.2, 0) is 9.47 Å². The van der Waals surface area contributed by atoms with E-state index in [4.69, 9.17) is 14.0 Å². The molecule has 3 rings (SSSR count). The molecule has 170 valence electrons. The highest BCUT2D eigenvalue weighted by Crippen LogP contribution is 2.29. The van der Waals surface area contributed by atoms with Crippen LogP contribution in [0.25, 0.3) is 11.4 Å². The summed E-state index contributed by atoms with van der Waals surface area (Å²) in [5.41, 5.74) is 0.0530. The fourth-order valence-corrected chi connectivity index (χ4v) is 3.81. The van der Waals surface area contributed by atoms with Gasteiger partial charge in [-0.15, -0.1) is 11.8 Å². The molecule has 2 heterocycles. The number of piperidine rings is 1. The van der Waals surface area contributed by atoms with Gasteiger partial charge in [-0.25, -0.2) is 9.18 Å². The molecule has 1 amide bonds. The summed E-state index contributed by atoms with van der Waals surface area (Å²) in [4.78, 5) is 18.9. The molecule has 0 N–H and O–H groups in total. The number of rotatable bonds is 6. The summed E-state index contributed by atoms with van der Waals surface area (Å²) in [5.74, 6) is 0.404. The van der Waals surface area contributed by atoms with E-state index in [9.17, 15) is 9.18 Å². The van der Waals surface area contributed by atoms with Crippen LogP contribution >= 0.6 is 11.8 Å². The van der Waals surface area contributed by atoms with Gasteiger partial charge < -0.3 is 18.9 Å². The SMILES string of the molecule is CCC(OC1CCN(C(=O)OC(C)(C)C)CC1)c1nc(-c2ccc(SC)c(F)c2)no1. The van der Waals surface area contributed by atoms with E-state index in [1.165, 1.54) is 17.8 Å². The number of hydrogen-bond donors (Lipinski definition) is 0. The van der Waals surface area contributed by atoms with E-state index >= 15 is 0 Å². The lowest BCUT2D eigenvalue weighted by Gasteiger charge is -2.34. The highest BCUT2D eigenvalue weighted by atomic mass is 32.2. The molecule has 31 heavy (non-hydrogen) atoms. The van der Waals surface area contributed by atoms with Crippen molar-refractivity contribution in [3.8, 4) is 11.4 Å². The molecule has 1 saturated heterocycles. The second-order valence-electron chi connectivity index (χ2n) is 8.51. The fraction of sp³-hybridized carbons (Fsp3) is 0.591. The monoisotopic (exact) mass is 451 g/mol. The van der Waals surface area contributed by atoms with Crippen LogP contribution in [0.15, 0.2) is 27.6 Å². The number of nitrogens with zero attached hydrogens (tertiary/aromatic N) is 3. The molecule has 7 nitrogen and oxygen atoms in total. The minimum absolute atomic E-state index is 0.0164. The summed E-state index contributed by atoms with van der Waals surface area (Å²) >= 11 is 1.35. The Labute approximate surface area is 186 Å². The van der Waals surface area contributed by atoms with E-state index in [0.29, 0.717) is 54.5 Å². The zero-order chi connectivity index (χ0) is 22.6. The minimum Gasteiger partial charge on any atom is -0.444 e. The predicted octanol–water partition coefficient (Wildman–Crippen LogP) is 5.46. The Morgan fingerprint density at radius 3 is 2.65 bits per heavy atom. The first-order valence-corrected chi connectivity index (χ1v) is 11.7. The van der Waals surface area contributed by atoms with Gasteiger partial charge in [0.2, 0.25) is 5.82 Å². The van der Waals surface area contributed by atoms with Crippen molar-refractivity contribution >= 4 is 17.9 Å². The molecule has 0 radical (unpaired) electrons. The molecular weight excluding hydrogens is 421 g/mol. The van der Waals surface area contributed by atoms with Gasteiger partial charge in [0.15, 0.2) is 0 Å². The van der Waals surface area contributed by atoms with Crippen molar-refractivity contribution in [2.45, 2.75) is 69.7 Å². The van der Waals surface area contributed by atoms with Gasteiger partial charge in [0, 0.05) is 23.5 Å². The third-order valence-corrected chi connectivity index (χ3v) is 5.72. The first-order chi connectivity index (χ1) is 14.7. The topological polar surface area (TPSA) is 77.7 Å². The third-order valence-electron chi connectivity index (χ3n) is 4.95. The van der Waals surface area contributed by atoms with E-state index in [2.05, 4.69) is 10.1 Å². The van der Waals surface area contributed by atoms with E-state index in [1.54, 1.807) is 17.0 Å². The Hall–Kier alpha value is -2.13. The highest BCUT2D eigenvalue weighted by Gasteiger charge is 2.30. The molecule has 1 unspecified atom stereocenters. The average molecular weight is 452 g/mol. The van der Waals surface area contributed by atoms with E-state index in [-0.39, 0.29) is 24.1 Å². The Bertz CT molecular complexity index is 891. The molecule has 0 aliphatic carbocycles. The van der Waals surface area contributed by atoms with E-state index in [0.717, 1.165) is 0 Å². The second-order valence-corrected chi connectivity index (χ2v) is 9.35. The van der Waals surface area contributed by atoms with Crippen LogP contribution in [0.3, 0.4) is 0 Å². The van der Waals surface area contributed by atoms with Gasteiger partial charge in [-0.05, 0) is 64.5 Å². The van der Waals surface area contributed by atoms with Gasteiger partial charge in [-0.1, -0.05) is 12.1 Å². The van der Waals surface area contributed by atoms with Crippen molar-refractivity contribution in [2.24, 2.45) is 0 Å². The van der Waals surface area contributed by atoms with Crippen LogP contribution in [-0.4, -0.2) is 52.2 Å². The quantitative estimate of drug-likeness (QED) is 0.539. The normalized spacial score (nSPS) is 16.4. The lowest BCUT2D eigenvalue weighted by atomic mass is 10.1. The summed E-state index contributed by atoms with van der Waals surface area (Å²) < 4.78 is 31.2. The number of carbonyl (C=O) groups excluding carboxylic acids is 1. The molecule has 1 aliphatic heterocycles. The standard InChI is InChI=1S/C22H30FN3O4S/c1-6-17(28-15-9-11-26(12-10-15)21(27)29-22(2,3)4)20-24-19(25-30-20)14-7-8-18(31-5)16(23)13-14/h7-8,13,15,17H,6,9-12H2,1-5H3. The first-order valence-electron chi connectivity index (χ1n) is 10.5. The van der Waals surface area contributed by atoms with Gasteiger partial charge in [0.05, 0.1) is 6.10 Å². The zero-order valence-electron chi connectivity index (χ0n) is 18.7. The maximum atomic E-state index is 14.1. The van der Waals surface area contributed by atoms with Crippen molar-refractivity contribution in [1.82, 2.24) is 15.0 Å². The van der Waals surface area contributed by atoms with Gasteiger partial charge in [0.25, 0.3) is 5.89 Å². The van der Waals surface area contributed by atoms with Gasteiger partial charge in [0.1, 0.15) is 17.5 Å². The Morgan fingerprint density at radius 1 is 1.35 bits per heavy atom. The van der Waals surface area contributed by atoms with E-state index < -0.39 is 5.60 Å². The molecule has 2 aromatic rings. The minimum atomic E-state index is -0.508. The molecule has 0 saturated carbocycles. The fourth-order valence-electron chi connectivity index (χ4n) is 3.35. The largest absolute Gasteiger partial charge is 0.444 e. The van der Waals surface area contributed by atoms with Crippen molar-refractivity contribution in [2.75, 3.05) is 19.3 Å². The Morgan fingerprint density at radius 2 is 2.06 bits per heavy atom. The zero-order valence-corrected chi connectivity index (χ0v) is 19.5. The molecule has 1 atom stereocenters. The predicted molar refractivity (Wildman–Crippen MR) is 116 cm³/mol. The number of hydrogen-bond acceptors (Lipinski definition) is 7. The summed E-state index contributed by atoms with van der Waals surface area (Å²) in [6.07, 6.45) is 3.24. The van der Waals surface area contributed by atoms with Crippen LogP contribution in [0.5, 0.6) is 0 Å². The number of carbonyl (C=O) groups is 1. The van der Waals surface area contributed by atoms with Crippen molar-refractivity contribution in [1.29, 1.82) is 0 Å². The molecule has 1 aromatic carbocycles. The molecule has 1 fully saturated rings. The van der Waals surface area contributed by atoms with E-state index in [1.807, 2.05) is 34.0 Å². The highest BCUT2D eigenvalue weighted by molar-refractivity contribution is 7.98. The first kappa shape index (κ1) is 23.5. The van der Waals surface area contributed by atoms with Crippen LogP contribution in [0, 0.1) is 5.82 Å². The lowest BCUT2D eigenvalue weighted by molar-refractivity contribution is -0.0596. The van der Waals surface area contributed by atoms with Gasteiger partial charge in [-0.3, -0.25) is 0 Å². The van der Waals surface area contributed by atoms with Gasteiger partial charge in [-0.2, -0.15) is 4.98 Å². The van der Waals surface area contributed by atoms with Gasteiger partial charge >= 0.3 is 6.09 Å². The molecule has 0 bridgehead atoms. The maximum Gasteiger partial charge on any atom is 0.410 e. The summed E-state index contributed by atoms with van der Waals surface area (Å²) in [6.45, 7) is 8.71. The number of amides is 1. The molecule has 9 heteroatoms. The smallest absolute Gasteiger partial charge is 0.410 e. The van der Waals surface area contributed by atoms with Crippen molar-refractivity contribution in [3.63, 3.8) is 0 Å². The molecule has 1 aliphatic rings. The van der Waals surface area contributed by atoms with Crippen molar-refractivity contribution in [3.05, 3.63) is 29.9 Å². The maximum absolute atomic E-state index is 14.1. The lowest BCUT2D eigenvalue weighted by Crippen LogP contribution is -2.43.